The first-order valence-electron chi connectivity index (χ1n) is 7.75. The highest BCUT2D eigenvalue weighted by atomic mass is 16.5. The Morgan fingerprint density at radius 2 is 2.22 bits per heavy atom. The van der Waals surface area contributed by atoms with Crippen LogP contribution < -0.4 is 5.73 Å². The van der Waals surface area contributed by atoms with E-state index in [1.807, 2.05) is 0 Å². The van der Waals surface area contributed by atoms with Crippen LogP contribution in [0.1, 0.15) is 52.4 Å². The zero-order valence-corrected chi connectivity index (χ0v) is 12.2. The second kappa shape index (κ2) is 6.36. The Morgan fingerprint density at radius 1 is 1.39 bits per heavy atom. The molecule has 0 aromatic rings. The van der Waals surface area contributed by atoms with Gasteiger partial charge in [0, 0.05) is 19.2 Å². The average Bonchev–Trinajstić information content (AvgIpc) is 2.40. The van der Waals surface area contributed by atoms with E-state index in [9.17, 15) is 0 Å². The van der Waals surface area contributed by atoms with Crippen molar-refractivity contribution in [2.24, 2.45) is 11.7 Å². The van der Waals surface area contributed by atoms with Gasteiger partial charge in [0.2, 0.25) is 0 Å². The summed E-state index contributed by atoms with van der Waals surface area (Å²) in [6.45, 7) is 8.86. The lowest BCUT2D eigenvalue weighted by molar-refractivity contribution is -0.101. The van der Waals surface area contributed by atoms with Crippen LogP contribution in [0.2, 0.25) is 0 Å². The molecule has 3 heteroatoms. The van der Waals surface area contributed by atoms with E-state index in [1.54, 1.807) is 0 Å². The first-order valence-corrected chi connectivity index (χ1v) is 7.75. The zero-order valence-electron chi connectivity index (χ0n) is 12.2. The summed E-state index contributed by atoms with van der Waals surface area (Å²) in [7, 11) is 0. The van der Waals surface area contributed by atoms with Crippen molar-refractivity contribution in [1.82, 2.24) is 4.90 Å². The molecule has 2 aliphatic heterocycles. The highest BCUT2D eigenvalue weighted by Crippen LogP contribution is 2.32. The van der Waals surface area contributed by atoms with E-state index in [0.717, 1.165) is 31.5 Å². The Bertz CT molecular complexity index is 257. The fraction of sp³-hybridized carbons (Fsp3) is 1.00. The number of hydrogen-bond donors (Lipinski definition) is 1. The van der Waals surface area contributed by atoms with E-state index >= 15 is 0 Å². The Morgan fingerprint density at radius 3 is 2.94 bits per heavy atom. The Labute approximate surface area is 112 Å². The highest BCUT2D eigenvalue weighted by Gasteiger charge is 2.35. The van der Waals surface area contributed by atoms with Crippen molar-refractivity contribution < 1.29 is 4.74 Å². The van der Waals surface area contributed by atoms with Crippen molar-refractivity contribution in [3.05, 3.63) is 0 Å². The molecule has 3 unspecified atom stereocenters. The third kappa shape index (κ3) is 3.46. The van der Waals surface area contributed by atoms with E-state index in [4.69, 9.17) is 10.5 Å². The molecular formula is C15H30N2O. The summed E-state index contributed by atoms with van der Waals surface area (Å²) in [4.78, 5) is 2.72. The number of piperidine rings is 1. The Balaban J connectivity index is 1.90. The smallest absolute Gasteiger partial charge is 0.0666 e. The van der Waals surface area contributed by atoms with Crippen LogP contribution in [-0.2, 0) is 4.74 Å². The summed E-state index contributed by atoms with van der Waals surface area (Å²) in [5.74, 6) is 0.833. The predicted molar refractivity (Wildman–Crippen MR) is 75.6 cm³/mol. The van der Waals surface area contributed by atoms with Gasteiger partial charge in [-0.1, -0.05) is 6.92 Å². The summed E-state index contributed by atoms with van der Waals surface area (Å²) in [6.07, 6.45) is 7.48. The molecule has 3 atom stereocenters. The van der Waals surface area contributed by atoms with Crippen molar-refractivity contribution in [3.63, 3.8) is 0 Å². The molecule has 2 N–H and O–H groups in total. The average molecular weight is 254 g/mol. The van der Waals surface area contributed by atoms with E-state index in [2.05, 4.69) is 18.7 Å². The molecule has 0 aromatic heterocycles. The third-order valence-corrected chi connectivity index (χ3v) is 4.96. The van der Waals surface area contributed by atoms with E-state index in [0.29, 0.717) is 0 Å². The van der Waals surface area contributed by atoms with Crippen LogP contribution >= 0.6 is 0 Å². The predicted octanol–water partition coefficient (Wildman–Crippen LogP) is 2.39. The largest absolute Gasteiger partial charge is 0.375 e. The molecule has 106 valence electrons. The van der Waals surface area contributed by atoms with Crippen LogP contribution in [0, 0.1) is 5.92 Å². The zero-order chi connectivity index (χ0) is 13.0. The van der Waals surface area contributed by atoms with E-state index < -0.39 is 0 Å². The maximum atomic E-state index is 5.96. The van der Waals surface area contributed by atoms with Crippen LogP contribution in [-0.4, -0.2) is 42.8 Å². The van der Waals surface area contributed by atoms with Gasteiger partial charge in [-0.25, -0.2) is 0 Å². The van der Waals surface area contributed by atoms with Crippen LogP contribution in [0.25, 0.3) is 0 Å². The number of hydrogen-bond acceptors (Lipinski definition) is 3. The first-order chi connectivity index (χ1) is 8.67. The molecule has 2 fully saturated rings. The summed E-state index contributed by atoms with van der Waals surface area (Å²) >= 11 is 0. The van der Waals surface area contributed by atoms with Gasteiger partial charge in [-0.15, -0.1) is 0 Å². The lowest BCUT2D eigenvalue weighted by Crippen LogP contribution is -2.50. The van der Waals surface area contributed by atoms with Gasteiger partial charge in [0.25, 0.3) is 0 Å². The lowest BCUT2D eigenvalue weighted by Gasteiger charge is -2.45. The molecule has 0 bridgehead atoms. The SMILES string of the molecule is CCC1(C)CC(N2CCCC(CCN)C2)CCO1. The van der Waals surface area contributed by atoms with Gasteiger partial charge in [0.1, 0.15) is 0 Å². The van der Waals surface area contributed by atoms with Gasteiger partial charge >= 0.3 is 0 Å². The van der Waals surface area contributed by atoms with Crippen LogP contribution in [0.5, 0.6) is 0 Å². The molecular weight excluding hydrogens is 224 g/mol. The number of ether oxygens (including phenoxy) is 1. The van der Waals surface area contributed by atoms with Crippen molar-refractivity contribution in [1.29, 1.82) is 0 Å². The van der Waals surface area contributed by atoms with Crippen LogP contribution in [0.15, 0.2) is 0 Å². The quantitative estimate of drug-likeness (QED) is 0.837. The molecule has 0 saturated carbocycles. The van der Waals surface area contributed by atoms with Crippen LogP contribution in [0.3, 0.4) is 0 Å². The highest BCUT2D eigenvalue weighted by molar-refractivity contribution is 4.89. The summed E-state index contributed by atoms with van der Waals surface area (Å²) in [6, 6.07) is 0.740. The standard InChI is InChI=1S/C15H30N2O/c1-3-15(2)11-14(7-10-18-15)17-9-4-5-13(12-17)6-8-16/h13-14H,3-12,16H2,1-2H3. The van der Waals surface area contributed by atoms with Crippen molar-refractivity contribution in [3.8, 4) is 0 Å². The monoisotopic (exact) mass is 254 g/mol. The molecule has 0 aromatic carbocycles. The van der Waals surface area contributed by atoms with Gasteiger partial charge in [-0.2, -0.15) is 0 Å². The Hall–Kier alpha value is -0.120. The topological polar surface area (TPSA) is 38.5 Å². The van der Waals surface area contributed by atoms with Gasteiger partial charge in [-0.3, -0.25) is 4.90 Å². The minimum atomic E-state index is 0.115. The maximum absolute atomic E-state index is 5.96. The van der Waals surface area contributed by atoms with E-state index in [1.165, 1.54) is 45.2 Å². The molecule has 18 heavy (non-hydrogen) atoms. The van der Waals surface area contributed by atoms with E-state index in [-0.39, 0.29) is 5.60 Å². The van der Waals surface area contributed by atoms with Gasteiger partial charge in [0.15, 0.2) is 0 Å². The molecule has 0 radical (unpaired) electrons. The van der Waals surface area contributed by atoms with Crippen molar-refractivity contribution in [2.45, 2.75) is 64.0 Å². The van der Waals surface area contributed by atoms with Crippen molar-refractivity contribution in [2.75, 3.05) is 26.2 Å². The fourth-order valence-electron chi connectivity index (χ4n) is 3.56. The van der Waals surface area contributed by atoms with Gasteiger partial charge in [0.05, 0.1) is 5.60 Å². The molecule has 0 spiro atoms. The minimum absolute atomic E-state index is 0.115. The van der Waals surface area contributed by atoms with Crippen molar-refractivity contribution >= 4 is 0 Å². The number of rotatable bonds is 4. The molecule has 0 aliphatic carbocycles. The number of nitrogens with two attached hydrogens (primary N) is 1. The number of nitrogens with zero attached hydrogens (tertiary/aromatic N) is 1. The fourth-order valence-corrected chi connectivity index (χ4v) is 3.56. The summed E-state index contributed by atoms with van der Waals surface area (Å²) < 4.78 is 5.96. The lowest BCUT2D eigenvalue weighted by atomic mass is 9.86. The first kappa shape index (κ1) is 14.3. The number of likely N-dealkylation sites (tertiary alicyclic amines) is 1. The molecule has 2 heterocycles. The third-order valence-electron chi connectivity index (χ3n) is 4.96. The molecule has 2 saturated heterocycles. The second-order valence-electron chi connectivity index (χ2n) is 6.38. The molecule has 3 nitrogen and oxygen atoms in total. The summed E-state index contributed by atoms with van der Waals surface area (Å²) in [5.41, 5.74) is 5.82. The molecule has 2 aliphatic rings. The van der Waals surface area contributed by atoms with Gasteiger partial charge < -0.3 is 10.5 Å². The minimum Gasteiger partial charge on any atom is -0.375 e. The molecule has 0 amide bonds. The summed E-state index contributed by atoms with van der Waals surface area (Å²) in [5, 5.41) is 0. The van der Waals surface area contributed by atoms with Gasteiger partial charge in [-0.05, 0) is 64.5 Å². The normalized spacial score (nSPS) is 38.8. The Kier molecular flexibility index (Phi) is 5.05. The van der Waals surface area contributed by atoms with Crippen LogP contribution in [0.4, 0.5) is 0 Å². The maximum Gasteiger partial charge on any atom is 0.0666 e. The molecule has 2 rings (SSSR count). The second-order valence-corrected chi connectivity index (χ2v) is 6.38.